The molecule has 1 rings (SSSR count). The van der Waals surface area contributed by atoms with E-state index in [0.717, 1.165) is 38.6 Å². The van der Waals surface area contributed by atoms with Crippen LogP contribution in [0.1, 0.15) is 52.9 Å². The summed E-state index contributed by atoms with van der Waals surface area (Å²) in [5.41, 5.74) is 5.70. The number of nitrogens with two attached hydrogens (primary N) is 1. The van der Waals surface area contributed by atoms with Crippen LogP contribution < -0.4 is 11.1 Å². The minimum atomic E-state index is -0.459. The SMILES string of the molecule is CCC(C)(C)CNC(=O)C1CCC(N)(CO)CC1. The topological polar surface area (TPSA) is 75.4 Å². The molecular formula is C14H28N2O2. The van der Waals surface area contributed by atoms with Crippen LogP contribution in [0.5, 0.6) is 0 Å². The first kappa shape index (κ1) is 15.4. The van der Waals surface area contributed by atoms with Crippen molar-refractivity contribution in [1.29, 1.82) is 0 Å². The van der Waals surface area contributed by atoms with Gasteiger partial charge in [0.25, 0.3) is 0 Å². The summed E-state index contributed by atoms with van der Waals surface area (Å²) in [6.07, 6.45) is 4.09. The third-order valence-corrected chi connectivity index (χ3v) is 4.37. The van der Waals surface area contributed by atoms with Gasteiger partial charge in [-0.1, -0.05) is 20.8 Å². The van der Waals surface area contributed by atoms with Crippen LogP contribution in [0.25, 0.3) is 0 Å². The number of nitrogens with one attached hydrogen (secondary N) is 1. The summed E-state index contributed by atoms with van der Waals surface area (Å²) in [6, 6.07) is 0. The number of carbonyl (C=O) groups excluding carboxylic acids is 1. The van der Waals surface area contributed by atoms with Gasteiger partial charge in [-0.15, -0.1) is 0 Å². The van der Waals surface area contributed by atoms with Gasteiger partial charge in [-0.3, -0.25) is 4.79 Å². The van der Waals surface area contributed by atoms with Gasteiger partial charge in [-0.25, -0.2) is 0 Å². The zero-order valence-corrected chi connectivity index (χ0v) is 12.0. The lowest BCUT2D eigenvalue weighted by Crippen LogP contribution is -2.49. The number of hydrogen-bond acceptors (Lipinski definition) is 3. The predicted octanol–water partition coefficient (Wildman–Crippen LogP) is 1.42. The molecule has 0 spiro atoms. The summed E-state index contributed by atoms with van der Waals surface area (Å²) in [6.45, 7) is 7.20. The van der Waals surface area contributed by atoms with E-state index >= 15 is 0 Å². The Morgan fingerprint density at radius 3 is 2.44 bits per heavy atom. The van der Waals surface area contributed by atoms with Crippen LogP contribution >= 0.6 is 0 Å². The highest BCUT2D eigenvalue weighted by Gasteiger charge is 2.34. The van der Waals surface area contributed by atoms with Gasteiger partial charge in [0.15, 0.2) is 0 Å². The Morgan fingerprint density at radius 2 is 2.00 bits per heavy atom. The Balaban J connectivity index is 2.37. The molecule has 18 heavy (non-hydrogen) atoms. The number of aliphatic hydroxyl groups excluding tert-OH is 1. The van der Waals surface area contributed by atoms with E-state index in [0.29, 0.717) is 0 Å². The molecule has 0 aliphatic heterocycles. The van der Waals surface area contributed by atoms with Crippen molar-refractivity contribution in [3.8, 4) is 0 Å². The molecule has 0 atom stereocenters. The van der Waals surface area contributed by atoms with Crippen molar-refractivity contribution in [1.82, 2.24) is 5.32 Å². The summed E-state index contributed by atoms with van der Waals surface area (Å²) in [5, 5.41) is 12.2. The molecule has 1 aliphatic carbocycles. The van der Waals surface area contributed by atoms with Gasteiger partial charge in [0, 0.05) is 18.0 Å². The van der Waals surface area contributed by atoms with Crippen LogP contribution in [0.15, 0.2) is 0 Å². The van der Waals surface area contributed by atoms with Gasteiger partial charge in [-0.05, 0) is 37.5 Å². The minimum absolute atomic E-state index is 0.0181. The van der Waals surface area contributed by atoms with Gasteiger partial charge in [0.2, 0.25) is 5.91 Å². The fraction of sp³-hybridized carbons (Fsp3) is 0.929. The maximum absolute atomic E-state index is 12.0. The first-order chi connectivity index (χ1) is 8.32. The minimum Gasteiger partial charge on any atom is -0.394 e. The van der Waals surface area contributed by atoms with Crippen LogP contribution in [-0.2, 0) is 4.79 Å². The molecule has 0 aromatic rings. The second-order valence-electron chi connectivity index (χ2n) is 6.53. The average Bonchev–Trinajstić information content (AvgIpc) is 2.37. The van der Waals surface area contributed by atoms with E-state index in [9.17, 15) is 9.90 Å². The van der Waals surface area contributed by atoms with Crippen molar-refractivity contribution < 1.29 is 9.90 Å². The number of rotatable bonds is 5. The Kier molecular flexibility index (Phi) is 5.17. The van der Waals surface area contributed by atoms with E-state index in [4.69, 9.17) is 5.73 Å². The standard InChI is InChI=1S/C14H28N2O2/c1-4-13(2,3)9-16-12(18)11-5-7-14(15,10-17)8-6-11/h11,17H,4-10,15H2,1-3H3,(H,16,18). The summed E-state index contributed by atoms with van der Waals surface area (Å²) in [4.78, 5) is 12.0. The van der Waals surface area contributed by atoms with Crippen molar-refractivity contribution in [2.75, 3.05) is 13.2 Å². The van der Waals surface area contributed by atoms with Crippen molar-refractivity contribution in [2.45, 2.75) is 58.4 Å². The van der Waals surface area contributed by atoms with Crippen molar-refractivity contribution >= 4 is 5.91 Å². The van der Waals surface area contributed by atoms with Crippen LogP contribution in [0.3, 0.4) is 0 Å². The molecule has 1 aliphatic rings. The molecule has 1 saturated carbocycles. The molecule has 1 fully saturated rings. The van der Waals surface area contributed by atoms with Gasteiger partial charge < -0.3 is 16.2 Å². The van der Waals surface area contributed by atoms with Gasteiger partial charge in [-0.2, -0.15) is 0 Å². The molecule has 0 bridgehead atoms. The summed E-state index contributed by atoms with van der Waals surface area (Å²) in [5.74, 6) is 0.220. The molecule has 0 aromatic carbocycles. The first-order valence-corrected chi connectivity index (χ1v) is 6.99. The summed E-state index contributed by atoms with van der Waals surface area (Å²) >= 11 is 0. The average molecular weight is 256 g/mol. The second kappa shape index (κ2) is 6.02. The molecule has 0 saturated heterocycles. The maximum atomic E-state index is 12.0. The molecule has 4 nitrogen and oxygen atoms in total. The summed E-state index contributed by atoms with van der Waals surface area (Å²) in [7, 11) is 0. The molecule has 0 aromatic heterocycles. The van der Waals surface area contributed by atoms with E-state index in [1.807, 2.05) is 0 Å². The van der Waals surface area contributed by atoms with Crippen LogP contribution in [0.4, 0.5) is 0 Å². The van der Waals surface area contributed by atoms with Crippen molar-refractivity contribution in [3.05, 3.63) is 0 Å². The lowest BCUT2D eigenvalue weighted by Gasteiger charge is -2.35. The van der Waals surface area contributed by atoms with E-state index in [1.165, 1.54) is 0 Å². The quantitative estimate of drug-likeness (QED) is 0.696. The van der Waals surface area contributed by atoms with Crippen LogP contribution in [0, 0.1) is 11.3 Å². The fourth-order valence-electron chi connectivity index (χ4n) is 2.21. The normalized spacial score (nSPS) is 29.1. The van der Waals surface area contributed by atoms with Crippen molar-refractivity contribution in [2.24, 2.45) is 17.1 Å². The molecule has 1 amide bonds. The predicted molar refractivity (Wildman–Crippen MR) is 73.0 cm³/mol. The Labute approximate surface area is 110 Å². The number of aliphatic hydroxyl groups is 1. The highest BCUT2D eigenvalue weighted by atomic mass is 16.3. The third kappa shape index (κ3) is 4.25. The Bertz CT molecular complexity index is 282. The summed E-state index contributed by atoms with van der Waals surface area (Å²) < 4.78 is 0. The number of hydrogen-bond donors (Lipinski definition) is 3. The second-order valence-corrected chi connectivity index (χ2v) is 6.53. The van der Waals surface area contributed by atoms with E-state index in [2.05, 4.69) is 26.1 Å². The molecular weight excluding hydrogens is 228 g/mol. The lowest BCUT2D eigenvalue weighted by molar-refractivity contribution is -0.126. The Hall–Kier alpha value is -0.610. The van der Waals surface area contributed by atoms with Crippen molar-refractivity contribution in [3.63, 3.8) is 0 Å². The van der Waals surface area contributed by atoms with Crippen LogP contribution in [0.2, 0.25) is 0 Å². The molecule has 106 valence electrons. The number of amides is 1. The third-order valence-electron chi connectivity index (χ3n) is 4.37. The lowest BCUT2D eigenvalue weighted by atomic mass is 9.77. The van der Waals surface area contributed by atoms with Gasteiger partial charge in [0.1, 0.15) is 0 Å². The largest absolute Gasteiger partial charge is 0.394 e. The zero-order valence-electron chi connectivity index (χ0n) is 12.0. The van der Waals surface area contributed by atoms with E-state index in [-0.39, 0.29) is 23.8 Å². The highest BCUT2D eigenvalue weighted by Crippen LogP contribution is 2.30. The zero-order chi connectivity index (χ0) is 13.8. The van der Waals surface area contributed by atoms with Gasteiger partial charge >= 0.3 is 0 Å². The molecule has 0 radical (unpaired) electrons. The molecule has 4 N–H and O–H groups in total. The smallest absolute Gasteiger partial charge is 0.223 e. The highest BCUT2D eigenvalue weighted by molar-refractivity contribution is 5.78. The monoisotopic (exact) mass is 256 g/mol. The Morgan fingerprint density at radius 1 is 1.44 bits per heavy atom. The van der Waals surface area contributed by atoms with E-state index < -0.39 is 5.54 Å². The number of carbonyl (C=O) groups is 1. The van der Waals surface area contributed by atoms with Gasteiger partial charge in [0.05, 0.1) is 6.61 Å². The molecule has 0 unspecified atom stereocenters. The fourth-order valence-corrected chi connectivity index (χ4v) is 2.21. The molecule has 0 heterocycles. The molecule has 4 heteroatoms. The first-order valence-electron chi connectivity index (χ1n) is 6.99. The van der Waals surface area contributed by atoms with Crippen LogP contribution in [-0.4, -0.2) is 29.7 Å². The maximum Gasteiger partial charge on any atom is 0.223 e. The van der Waals surface area contributed by atoms with E-state index in [1.54, 1.807) is 0 Å².